The lowest BCUT2D eigenvalue weighted by Gasteiger charge is -2.09. The molecule has 0 amide bonds. The lowest BCUT2D eigenvalue weighted by Crippen LogP contribution is -2.20. The molecule has 0 aliphatic carbocycles. The Morgan fingerprint density at radius 2 is 2.28 bits per heavy atom. The fourth-order valence-electron chi connectivity index (χ4n) is 2.39. The maximum Gasteiger partial charge on any atom is 0.0576 e. The summed E-state index contributed by atoms with van der Waals surface area (Å²) in [6.07, 6.45) is 10.4. The number of allylic oxidation sites excluding steroid dienone is 1. The highest BCUT2D eigenvalue weighted by molar-refractivity contribution is 4.98. The van der Waals surface area contributed by atoms with Gasteiger partial charge in [-0.25, -0.2) is 0 Å². The van der Waals surface area contributed by atoms with E-state index in [0.717, 1.165) is 25.6 Å². The second kappa shape index (κ2) is 9.57. The summed E-state index contributed by atoms with van der Waals surface area (Å²) in [5, 5.41) is 3.48. The molecule has 0 aromatic heterocycles. The molecule has 0 saturated carbocycles. The molecule has 1 atom stereocenters. The minimum Gasteiger partial charge on any atom is -0.378 e. The monoisotopic (exact) mass is 253 g/mol. The Labute approximate surface area is 113 Å². The van der Waals surface area contributed by atoms with Crippen LogP contribution in [0.3, 0.4) is 0 Å². The Kier molecular flexibility index (Phi) is 8.36. The predicted molar refractivity (Wildman–Crippen MR) is 78.9 cm³/mol. The third kappa shape index (κ3) is 7.88. The lowest BCUT2D eigenvalue weighted by atomic mass is 10.0. The topological polar surface area (TPSA) is 21.3 Å². The summed E-state index contributed by atoms with van der Waals surface area (Å²) in [5.74, 6) is 0.751. The van der Waals surface area contributed by atoms with Crippen molar-refractivity contribution in [2.45, 2.75) is 65.4 Å². The quantitative estimate of drug-likeness (QED) is 0.497. The van der Waals surface area contributed by atoms with Crippen LogP contribution in [0.2, 0.25) is 0 Å². The molecule has 2 heteroatoms. The number of rotatable bonds is 9. The van der Waals surface area contributed by atoms with E-state index in [1.165, 1.54) is 38.5 Å². The Hall–Kier alpha value is -0.340. The van der Waals surface area contributed by atoms with Crippen molar-refractivity contribution in [2.24, 2.45) is 5.92 Å². The number of nitrogens with one attached hydrogen (secondary N) is 1. The van der Waals surface area contributed by atoms with Crippen molar-refractivity contribution in [3.05, 3.63) is 11.6 Å². The van der Waals surface area contributed by atoms with Crippen LogP contribution in [-0.4, -0.2) is 25.8 Å². The SMILES string of the molecule is CC(=CCCNCC(C)C)CCCC1CCCO1. The first-order chi connectivity index (χ1) is 8.68. The van der Waals surface area contributed by atoms with E-state index < -0.39 is 0 Å². The molecule has 1 heterocycles. The maximum absolute atomic E-state index is 5.64. The van der Waals surface area contributed by atoms with Crippen LogP contribution in [0.4, 0.5) is 0 Å². The molecule has 1 unspecified atom stereocenters. The fraction of sp³-hybridized carbons (Fsp3) is 0.875. The average molecular weight is 253 g/mol. The highest BCUT2D eigenvalue weighted by atomic mass is 16.5. The van der Waals surface area contributed by atoms with Crippen molar-refractivity contribution in [1.82, 2.24) is 5.32 Å². The van der Waals surface area contributed by atoms with Gasteiger partial charge < -0.3 is 10.1 Å². The van der Waals surface area contributed by atoms with Crippen molar-refractivity contribution in [1.29, 1.82) is 0 Å². The summed E-state index contributed by atoms with van der Waals surface area (Å²) < 4.78 is 5.64. The third-order valence-corrected chi connectivity index (χ3v) is 3.49. The van der Waals surface area contributed by atoms with Crippen LogP contribution in [-0.2, 0) is 4.74 Å². The van der Waals surface area contributed by atoms with Crippen LogP contribution >= 0.6 is 0 Å². The van der Waals surface area contributed by atoms with Crippen molar-refractivity contribution >= 4 is 0 Å². The summed E-state index contributed by atoms with van der Waals surface area (Å²) >= 11 is 0. The second-order valence-electron chi connectivity index (χ2n) is 5.96. The number of hydrogen-bond acceptors (Lipinski definition) is 2. The van der Waals surface area contributed by atoms with Gasteiger partial charge in [0.25, 0.3) is 0 Å². The zero-order chi connectivity index (χ0) is 13.2. The minimum atomic E-state index is 0.561. The Balaban J connectivity index is 1.95. The van der Waals surface area contributed by atoms with Crippen LogP contribution < -0.4 is 5.32 Å². The minimum absolute atomic E-state index is 0.561. The van der Waals surface area contributed by atoms with Crippen molar-refractivity contribution < 1.29 is 4.74 Å². The molecular formula is C16H31NO. The number of hydrogen-bond donors (Lipinski definition) is 1. The van der Waals surface area contributed by atoms with E-state index in [9.17, 15) is 0 Å². The molecule has 1 N–H and O–H groups in total. The third-order valence-electron chi connectivity index (χ3n) is 3.49. The van der Waals surface area contributed by atoms with Gasteiger partial charge in [-0.1, -0.05) is 25.5 Å². The summed E-state index contributed by atoms with van der Waals surface area (Å²) in [7, 11) is 0. The molecule has 0 spiro atoms. The molecule has 0 radical (unpaired) electrons. The summed E-state index contributed by atoms with van der Waals surface area (Å²) in [4.78, 5) is 0. The van der Waals surface area contributed by atoms with E-state index in [-0.39, 0.29) is 0 Å². The smallest absolute Gasteiger partial charge is 0.0576 e. The van der Waals surface area contributed by atoms with Gasteiger partial charge in [-0.3, -0.25) is 0 Å². The number of ether oxygens (including phenoxy) is 1. The van der Waals surface area contributed by atoms with Gasteiger partial charge in [0.15, 0.2) is 0 Å². The predicted octanol–water partition coefficient (Wildman–Crippen LogP) is 3.92. The van der Waals surface area contributed by atoms with Gasteiger partial charge in [0.1, 0.15) is 0 Å². The van der Waals surface area contributed by atoms with Gasteiger partial charge in [0, 0.05) is 6.61 Å². The van der Waals surface area contributed by atoms with Crippen molar-refractivity contribution in [3.63, 3.8) is 0 Å². The molecule has 1 aliphatic heterocycles. The largest absolute Gasteiger partial charge is 0.378 e. The maximum atomic E-state index is 5.64. The second-order valence-corrected chi connectivity index (χ2v) is 5.96. The summed E-state index contributed by atoms with van der Waals surface area (Å²) in [5.41, 5.74) is 1.54. The Morgan fingerprint density at radius 1 is 1.44 bits per heavy atom. The average Bonchev–Trinajstić information content (AvgIpc) is 2.81. The van der Waals surface area contributed by atoms with Crippen LogP contribution in [0, 0.1) is 5.92 Å². The van der Waals surface area contributed by atoms with Gasteiger partial charge in [-0.05, 0) is 64.5 Å². The first-order valence-corrected chi connectivity index (χ1v) is 7.66. The molecule has 2 nitrogen and oxygen atoms in total. The lowest BCUT2D eigenvalue weighted by molar-refractivity contribution is 0.102. The van der Waals surface area contributed by atoms with Gasteiger partial charge >= 0.3 is 0 Å². The van der Waals surface area contributed by atoms with E-state index in [1.54, 1.807) is 5.57 Å². The molecule has 106 valence electrons. The van der Waals surface area contributed by atoms with Crippen LogP contribution in [0.15, 0.2) is 11.6 Å². The summed E-state index contributed by atoms with van der Waals surface area (Å²) in [6.45, 7) is 9.99. The van der Waals surface area contributed by atoms with E-state index in [4.69, 9.17) is 4.74 Å². The first-order valence-electron chi connectivity index (χ1n) is 7.66. The Bertz CT molecular complexity index is 229. The molecule has 0 aromatic carbocycles. The normalized spacial score (nSPS) is 20.9. The molecule has 1 aliphatic rings. The van der Waals surface area contributed by atoms with E-state index in [2.05, 4.69) is 32.2 Å². The van der Waals surface area contributed by atoms with Crippen LogP contribution in [0.1, 0.15) is 59.3 Å². The van der Waals surface area contributed by atoms with Crippen molar-refractivity contribution in [3.8, 4) is 0 Å². The van der Waals surface area contributed by atoms with Gasteiger partial charge in [0.2, 0.25) is 0 Å². The molecule has 1 saturated heterocycles. The summed E-state index contributed by atoms with van der Waals surface area (Å²) in [6, 6.07) is 0. The van der Waals surface area contributed by atoms with Crippen molar-refractivity contribution in [2.75, 3.05) is 19.7 Å². The standard InChI is InChI=1S/C16H31NO/c1-14(2)13-17-11-5-8-15(3)7-4-9-16-10-6-12-18-16/h8,14,16-17H,4-7,9-13H2,1-3H3. The molecule has 1 rings (SSSR count). The van der Waals surface area contributed by atoms with Crippen LogP contribution in [0.5, 0.6) is 0 Å². The fourth-order valence-corrected chi connectivity index (χ4v) is 2.39. The molecule has 1 fully saturated rings. The van der Waals surface area contributed by atoms with Gasteiger partial charge in [-0.2, -0.15) is 0 Å². The zero-order valence-electron chi connectivity index (χ0n) is 12.5. The first kappa shape index (κ1) is 15.7. The molecular weight excluding hydrogens is 222 g/mol. The zero-order valence-corrected chi connectivity index (χ0v) is 12.5. The van der Waals surface area contributed by atoms with Gasteiger partial charge in [0.05, 0.1) is 6.10 Å². The molecule has 0 aromatic rings. The highest BCUT2D eigenvalue weighted by Crippen LogP contribution is 2.19. The van der Waals surface area contributed by atoms with Crippen LogP contribution in [0.25, 0.3) is 0 Å². The van der Waals surface area contributed by atoms with E-state index >= 15 is 0 Å². The Morgan fingerprint density at radius 3 is 2.94 bits per heavy atom. The van der Waals surface area contributed by atoms with E-state index in [0.29, 0.717) is 6.10 Å². The highest BCUT2D eigenvalue weighted by Gasteiger charge is 2.14. The van der Waals surface area contributed by atoms with E-state index in [1.807, 2.05) is 0 Å². The molecule has 0 bridgehead atoms. The molecule has 18 heavy (non-hydrogen) atoms. The van der Waals surface area contributed by atoms with Gasteiger partial charge in [-0.15, -0.1) is 0 Å².